The first-order chi connectivity index (χ1) is 15.9. The van der Waals surface area contributed by atoms with E-state index in [2.05, 4.69) is 15.6 Å². The molecule has 0 bridgehead atoms. The third kappa shape index (κ3) is 3.65. The monoisotopic (exact) mass is 445 g/mol. The van der Waals surface area contributed by atoms with Crippen LogP contribution in [-0.2, 0) is 20.9 Å². The number of imide groups is 1. The molecule has 33 heavy (non-hydrogen) atoms. The van der Waals surface area contributed by atoms with Crippen LogP contribution < -0.4 is 5.32 Å². The number of carbonyl (C=O) groups is 4. The van der Waals surface area contributed by atoms with E-state index in [9.17, 15) is 19.2 Å². The molecule has 10 heteroatoms. The van der Waals surface area contributed by atoms with Crippen LogP contribution in [0.1, 0.15) is 39.1 Å². The number of hydrogen-bond donors (Lipinski definition) is 1. The van der Waals surface area contributed by atoms with E-state index in [0.717, 1.165) is 5.56 Å². The van der Waals surface area contributed by atoms with Crippen molar-refractivity contribution in [3.63, 3.8) is 0 Å². The van der Waals surface area contributed by atoms with Gasteiger partial charge in [0.1, 0.15) is 11.7 Å². The van der Waals surface area contributed by atoms with Gasteiger partial charge >= 0.3 is 5.97 Å². The molecule has 3 heterocycles. The van der Waals surface area contributed by atoms with Gasteiger partial charge in [-0.05, 0) is 36.2 Å². The SMILES string of the molecule is COC(=O)c1cccc(-c2cn(-c3ccc4c(c3)C(=O)N(C3CCC(=O)NC3=O)C4)nn2)c1. The third-order valence-corrected chi connectivity index (χ3v) is 5.85. The van der Waals surface area contributed by atoms with E-state index >= 15 is 0 Å². The lowest BCUT2D eigenvalue weighted by molar-refractivity contribution is -0.136. The minimum Gasteiger partial charge on any atom is -0.465 e. The Labute approximate surface area is 188 Å². The van der Waals surface area contributed by atoms with Gasteiger partial charge in [0.15, 0.2) is 0 Å². The highest BCUT2D eigenvalue weighted by Crippen LogP contribution is 2.29. The maximum absolute atomic E-state index is 13.0. The van der Waals surface area contributed by atoms with Gasteiger partial charge in [0, 0.05) is 24.1 Å². The Kier molecular flexibility index (Phi) is 4.97. The number of esters is 1. The Bertz CT molecular complexity index is 1310. The molecule has 1 unspecified atom stereocenters. The number of carbonyl (C=O) groups excluding carboxylic acids is 4. The number of hydrogen-bond acceptors (Lipinski definition) is 7. The number of nitrogens with zero attached hydrogens (tertiary/aromatic N) is 4. The number of benzene rings is 2. The van der Waals surface area contributed by atoms with Gasteiger partial charge in [-0.2, -0.15) is 0 Å². The van der Waals surface area contributed by atoms with Gasteiger partial charge < -0.3 is 9.64 Å². The molecule has 0 spiro atoms. The van der Waals surface area contributed by atoms with Crippen molar-refractivity contribution in [1.82, 2.24) is 25.2 Å². The molecule has 1 saturated heterocycles. The number of methoxy groups -OCH3 is 1. The van der Waals surface area contributed by atoms with Crippen molar-refractivity contribution in [2.45, 2.75) is 25.4 Å². The minimum absolute atomic E-state index is 0.209. The molecule has 3 amide bonds. The molecule has 1 atom stereocenters. The highest BCUT2D eigenvalue weighted by atomic mass is 16.5. The zero-order chi connectivity index (χ0) is 23.1. The molecule has 2 aromatic carbocycles. The fourth-order valence-corrected chi connectivity index (χ4v) is 4.13. The summed E-state index contributed by atoms with van der Waals surface area (Å²) in [4.78, 5) is 50.0. The number of aromatic nitrogens is 3. The first-order valence-electron chi connectivity index (χ1n) is 10.3. The maximum Gasteiger partial charge on any atom is 0.337 e. The summed E-state index contributed by atoms with van der Waals surface area (Å²) in [6.45, 7) is 0.309. The van der Waals surface area contributed by atoms with Crippen LogP contribution in [0.3, 0.4) is 0 Å². The zero-order valence-electron chi connectivity index (χ0n) is 17.6. The molecule has 2 aliphatic rings. The molecule has 166 valence electrons. The van der Waals surface area contributed by atoms with Gasteiger partial charge in [0.05, 0.1) is 24.6 Å². The summed E-state index contributed by atoms with van der Waals surface area (Å²) < 4.78 is 6.30. The van der Waals surface area contributed by atoms with E-state index in [1.54, 1.807) is 35.1 Å². The normalized spacial score (nSPS) is 17.7. The lowest BCUT2D eigenvalue weighted by Gasteiger charge is -2.29. The molecule has 1 fully saturated rings. The number of rotatable bonds is 4. The second kappa shape index (κ2) is 7.97. The standard InChI is InChI=1S/C23H19N5O5/c1-33-23(32)14-4-2-3-13(9-14)18-12-28(26-25-18)16-6-5-15-11-27(22(31)17(15)10-16)19-7-8-20(29)24-21(19)30/h2-6,9-10,12,19H,7-8,11H2,1H3,(H,24,29,30). The summed E-state index contributed by atoms with van der Waals surface area (Å²) in [5.41, 5.74) is 3.58. The van der Waals surface area contributed by atoms with Crippen molar-refractivity contribution in [3.05, 3.63) is 65.4 Å². The summed E-state index contributed by atoms with van der Waals surface area (Å²) in [6.07, 6.45) is 2.23. The topological polar surface area (TPSA) is 123 Å². The molecule has 0 saturated carbocycles. The summed E-state index contributed by atoms with van der Waals surface area (Å²) in [5.74, 6) is -1.46. The Morgan fingerprint density at radius 2 is 2.00 bits per heavy atom. The summed E-state index contributed by atoms with van der Waals surface area (Å²) >= 11 is 0. The van der Waals surface area contributed by atoms with Crippen LogP contribution in [0, 0.1) is 0 Å². The number of nitrogens with one attached hydrogen (secondary N) is 1. The Balaban J connectivity index is 1.40. The summed E-state index contributed by atoms with van der Waals surface area (Å²) in [7, 11) is 1.32. The fourth-order valence-electron chi connectivity index (χ4n) is 4.13. The van der Waals surface area contributed by atoms with Gasteiger partial charge in [-0.3, -0.25) is 19.7 Å². The van der Waals surface area contributed by atoms with Crippen molar-refractivity contribution in [2.75, 3.05) is 7.11 Å². The lowest BCUT2D eigenvalue weighted by atomic mass is 10.0. The Morgan fingerprint density at radius 3 is 2.79 bits per heavy atom. The smallest absolute Gasteiger partial charge is 0.337 e. The van der Waals surface area contributed by atoms with Crippen LogP contribution >= 0.6 is 0 Å². The third-order valence-electron chi connectivity index (χ3n) is 5.85. The van der Waals surface area contributed by atoms with Crippen LogP contribution in [0.2, 0.25) is 0 Å². The molecule has 5 rings (SSSR count). The molecule has 1 N–H and O–H groups in total. The summed E-state index contributed by atoms with van der Waals surface area (Å²) in [6, 6.07) is 11.6. The van der Waals surface area contributed by atoms with Gasteiger partial charge in [0.2, 0.25) is 11.8 Å². The average Bonchev–Trinajstić information content (AvgIpc) is 3.44. The molecule has 10 nitrogen and oxygen atoms in total. The van der Waals surface area contributed by atoms with Gasteiger partial charge in [-0.15, -0.1) is 5.10 Å². The maximum atomic E-state index is 13.0. The van der Waals surface area contributed by atoms with Crippen LogP contribution in [0.4, 0.5) is 0 Å². The van der Waals surface area contributed by atoms with Crippen molar-refractivity contribution in [1.29, 1.82) is 0 Å². The Hall–Kier alpha value is -4.34. The van der Waals surface area contributed by atoms with Crippen molar-refractivity contribution >= 4 is 23.7 Å². The number of fused-ring (bicyclic) bond motifs is 1. The van der Waals surface area contributed by atoms with Gasteiger partial charge in [-0.1, -0.05) is 23.4 Å². The van der Waals surface area contributed by atoms with Crippen LogP contribution in [0.5, 0.6) is 0 Å². The molecule has 3 aromatic rings. The molecule has 0 aliphatic carbocycles. The van der Waals surface area contributed by atoms with E-state index in [1.165, 1.54) is 12.0 Å². The lowest BCUT2D eigenvalue weighted by Crippen LogP contribution is -2.52. The van der Waals surface area contributed by atoms with Crippen LogP contribution in [-0.4, -0.2) is 56.7 Å². The van der Waals surface area contributed by atoms with Crippen LogP contribution in [0.15, 0.2) is 48.7 Å². The van der Waals surface area contributed by atoms with E-state index in [0.29, 0.717) is 41.0 Å². The minimum atomic E-state index is -0.661. The predicted octanol–water partition coefficient (Wildman–Crippen LogP) is 1.48. The summed E-state index contributed by atoms with van der Waals surface area (Å²) in [5, 5.41) is 10.6. The quantitative estimate of drug-likeness (QED) is 0.477. The van der Waals surface area contributed by atoms with Crippen molar-refractivity contribution < 1.29 is 23.9 Å². The van der Waals surface area contributed by atoms with Gasteiger partial charge in [0.25, 0.3) is 5.91 Å². The molecular formula is C23H19N5O5. The second-order valence-corrected chi connectivity index (χ2v) is 7.86. The highest BCUT2D eigenvalue weighted by molar-refractivity contribution is 6.05. The molecule has 2 aliphatic heterocycles. The fraction of sp³-hybridized carbons (Fsp3) is 0.217. The van der Waals surface area contributed by atoms with E-state index in [1.807, 2.05) is 18.2 Å². The van der Waals surface area contributed by atoms with Gasteiger partial charge in [-0.25, -0.2) is 9.48 Å². The number of ether oxygens (including phenoxy) is 1. The highest BCUT2D eigenvalue weighted by Gasteiger charge is 2.39. The Morgan fingerprint density at radius 1 is 1.15 bits per heavy atom. The second-order valence-electron chi connectivity index (χ2n) is 7.86. The number of piperidine rings is 1. The first kappa shape index (κ1) is 20.6. The zero-order valence-corrected chi connectivity index (χ0v) is 17.6. The van der Waals surface area contributed by atoms with E-state index in [4.69, 9.17) is 4.74 Å². The predicted molar refractivity (Wildman–Crippen MR) is 114 cm³/mol. The van der Waals surface area contributed by atoms with E-state index in [-0.39, 0.29) is 18.2 Å². The van der Waals surface area contributed by atoms with Crippen molar-refractivity contribution in [3.8, 4) is 16.9 Å². The average molecular weight is 445 g/mol. The van der Waals surface area contributed by atoms with E-state index < -0.39 is 17.9 Å². The van der Waals surface area contributed by atoms with Crippen LogP contribution in [0.25, 0.3) is 16.9 Å². The number of amides is 3. The molecule has 0 radical (unpaired) electrons. The van der Waals surface area contributed by atoms with Crippen molar-refractivity contribution in [2.24, 2.45) is 0 Å². The largest absolute Gasteiger partial charge is 0.465 e. The molecule has 1 aromatic heterocycles. The first-order valence-corrected chi connectivity index (χ1v) is 10.3. The molecular weight excluding hydrogens is 426 g/mol.